The highest BCUT2D eigenvalue weighted by Gasteiger charge is 2.37. The molecule has 1 aliphatic rings. The molecule has 0 aliphatic carbocycles. The molecular formula is C13H19NO6S. The molecular weight excluding hydrogens is 298 g/mol. The van der Waals surface area contributed by atoms with Gasteiger partial charge in [0.2, 0.25) is 5.91 Å². The predicted molar refractivity (Wildman–Crippen MR) is 75.9 cm³/mol. The Bertz CT molecular complexity index is 438. The largest absolute Gasteiger partial charge is 0.481 e. The summed E-state index contributed by atoms with van der Waals surface area (Å²) < 4.78 is 0. The standard InChI is InChI=1S/C13H19NO6S/c1-8(15)21-7-9-5-11(16)14(6-9)10(13(19)20)3-2-4-12(17)18/h9-10H,2-7H2,1H3,(H,17,18)(H,19,20)/t9?,10-/m1/s1. The molecule has 7 nitrogen and oxygen atoms in total. The molecule has 1 aliphatic heterocycles. The van der Waals surface area contributed by atoms with Gasteiger partial charge >= 0.3 is 11.9 Å². The Balaban J connectivity index is 2.58. The van der Waals surface area contributed by atoms with Crippen molar-refractivity contribution in [3.8, 4) is 0 Å². The van der Waals surface area contributed by atoms with Gasteiger partial charge in [-0.2, -0.15) is 0 Å². The number of aliphatic carboxylic acids is 2. The van der Waals surface area contributed by atoms with Crippen molar-refractivity contribution >= 4 is 34.7 Å². The molecule has 0 saturated carbocycles. The second-order valence-electron chi connectivity index (χ2n) is 5.06. The van der Waals surface area contributed by atoms with E-state index in [4.69, 9.17) is 5.11 Å². The summed E-state index contributed by atoms with van der Waals surface area (Å²) in [6.45, 7) is 1.76. The Morgan fingerprint density at radius 2 is 2.05 bits per heavy atom. The topological polar surface area (TPSA) is 112 Å². The number of nitrogens with zero attached hydrogens (tertiary/aromatic N) is 1. The van der Waals surface area contributed by atoms with Crippen molar-refractivity contribution in [2.45, 2.75) is 38.6 Å². The molecule has 2 N–H and O–H groups in total. The number of hydrogen-bond acceptors (Lipinski definition) is 5. The molecule has 0 radical (unpaired) electrons. The number of carboxylic acids is 2. The first-order valence-electron chi connectivity index (χ1n) is 6.68. The van der Waals surface area contributed by atoms with Gasteiger partial charge in [-0.3, -0.25) is 14.4 Å². The summed E-state index contributed by atoms with van der Waals surface area (Å²) in [7, 11) is 0. The van der Waals surface area contributed by atoms with E-state index in [1.165, 1.54) is 11.8 Å². The molecule has 0 aromatic rings. The van der Waals surface area contributed by atoms with Crippen molar-refractivity contribution in [2.75, 3.05) is 12.3 Å². The van der Waals surface area contributed by atoms with Crippen LogP contribution in [0, 0.1) is 5.92 Å². The molecule has 0 aromatic carbocycles. The van der Waals surface area contributed by atoms with Gasteiger partial charge in [0, 0.05) is 32.1 Å². The Morgan fingerprint density at radius 1 is 1.38 bits per heavy atom. The second-order valence-corrected chi connectivity index (χ2v) is 6.26. The van der Waals surface area contributed by atoms with Gasteiger partial charge in [-0.1, -0.05) is 11.8 Å². The third kappa shape index (κ3) is 5.74. The van der Waals surface area contributed by atoms with E-state index < -0.39 is 18.0 Å². The van der Waals surface area contributed by atoms with E-state index >= 15 is 0 Å². The smallest absolute Gasteiger partial charge is 0.326 e. The summed E-state index contributed by atoms with van der Waals surface area (Å²) in [5.41, 5.74) is 0. The number of thioether (sulfide) groups is 1. The molecule has 8 heteroatoms. The van der Waals surface area contributed by atoms with Gasteiger partial charge in [-0.25, -0.2) is 4.79 Å². The van der Waals surface area contributed by atoms with Crippen LogP contribution in [0.25, 0.3) is 0 Å². The molecule has 1 amide bonds. The van der Waals surface area contributed by atoms with Crippen molar-refractivity contribution in [1.82, 2.24) is 4.90 Å². The van der Waals surface area contributed by atoms with Crippen LogP contribution in [0.5, 0.6) is 0 Å². The Hall–Kier alpha value is -1.57. The van der Waals surface area contributed by atoms with Crippen molar-refractivity contribution < 1.29 is 29.4 Å². The van der Waals surface area contributed by atoms with Gasteiger partial charge < -0.3 is 15.1 Å². The van der Waals surface area contributed by atoms with Crippen LogP contribution in [0.3, 0.4) is 0 Å². The van der Waals surface area contributed by atoms with Crippen molar-refractivity contribution in [2.24, 2.45) is 5.92 Å². The minimum atomic E-state index is -1.12. The summed E-state index contributed by atoms with van der Waals surface area (Å²) in [5.74, 6) is -1.88. The van der Waals surface area contributed by atoms with Crippen LogP contribution >= 0.6 is 11.8 Å². The molecule has 1 heterocycles. The fraction of sp³-hybridized carbons (Fsp3) is 0.692. The monoisotopic (exact) mass is 317 g/mol. The number of amides is 1. The van der Waals surface area contributed by atoms with Crippen molar-refractivity contribution in [1.29, 1.82) is 0 Å². The first kappa shape index (κ1) is 17.5. The minimum absolute atomic E-state index is 0.0304. The lowest BCUT2D eigenvalue weighted by molar-refractivity contribution is -0.149. The maximum atomic E-state index is 11.9. The van der Waals surface area contributed by atoms with Crippen LogP contribution in [0.1, 0.15) is 32.6 Å². The Kier molecular flexibility index (Phi) is 6.67. The van der Waals surface area contributed by atoms with E-state index in [-0.39, 0.29) is 42.6 Å². The molecule has 0 spiro atoms. The lowest BCUT2D eigenvalue weighted by atomic mass is 10.1. The van der Waals surface area contributed by atoms with Gasteiger partial charge in [0.1, 0.15) is 6.04 Å². The molecule has 1 rings (SSSR count). The first-order chi connectivity index (χ1) is 9.81. The highest BCUT2D eigenvalue weighted by atomic mass is 32.2. The number of likely N-dealkylation sites (tertiary alicyclic amines) is 1. The summed E-state index contributed by atoms with van der Waals surface area (Å²) in [6, 6.07) is -0.982. The van der Waals surface area contributed by atoms with Crippen LogP contribution < -0.4 is 0 Å². The van der Waals surface area contributed by atoms with Crippen LogP contribution in [-0.4, -0.2) is 56.4 Å². The van der Waals surface area contributed by atoms with Crippen LogP contribution in [0.2, 0.25) is 0 Å². The van der Waals surface area contributed by atoms with E-state index in [9.17, 15) is 24.3 Å². The van der Waals surface area contributed by atoms with E-state index in [0.29, 0.717) is 12.3 Å². The van der Waals surface area contributed by atoms with E-state index in [0.717, 1.165) is 11.8 Å². The Labute approximate surface area is 126 Å². The molecule has 0 bridgehead atoms. The third-order valence-corrected chi connectivity index (χ3v) is 4.33. The number of carbonyl (C=O) groups excluding carboxylic acids is 2. The van der Waals surface area contributed by atoms with Gasteiger partial charge in [0.15, 0.2) is 5.12 Å². The second kappa shape index (κ2) is 8.02. The number of carbonyl (C=O) groups is 4. The molecule has 0 aromatic heterocycles. The quantitative estimate of drug-likeness (QED) is 0.681. The average molecular weight is 317 g/mol. The number of rotatable bonds is 8. The molecule has 2 atom stereocenters. The Morgan fingerprint density at radius 3 is 2.57 bits per heavy atom. The van der Waals surface area contributed by atoms with E-state index in [2.05, 4.69) is 0 Å². The molecule has 21 heavy (non-hydrogen) atoms. The van der Waals surface area contributed by atoms with Crippen molar-refractivity contribution in [3.63, 3.8) is 0 Å². The zero-order chi connectivity index (χ0) is 16.0. The lowest BCUT2D eigenvalue weighted by Crippen LogP contribution is -2.42. The fourth-order valence-corrected chi connectivity index (χ4v) is 3.01. The van der Waals surface area contributed by atoms with Crippen molar-refractivity contribution in [3.05, 3.63) is 0 Å². The van der Waals surface area contributed by atoms with Crippen LogP contribution in [0.4, 0.5) is 0 Å². The summed E-state index contributed by atoms with van der Waals surface area (Å²) in [6.07, 6.45) is 0.460. The summed E-state index contributed by atoms with van der Waals surface area (Å²) in [5, 5.41) is 17.8. The van der Waals surface area contributed by atoms with E-state index in [1.807, 2.05) is 0 Å². The summed E-state index contributed by atoms with van der Waals surface area (Å²) >= 11 is 1.13. The SMILES string of the molecule is CC(=O)SCC1CC(=O)N([C@H](CCCC(=O)O)C(=O)O)C1. The van der Waals surface area contributed by atoms with Crippen LogP contribution in [-0.2, 0) is 19.2 Å². The number of carboxylic acid groups (broad SMARTS) is 2. The number of hydrogen-bond donors (Lipinski definition) is 2. The van der Waals surface area contributed by atoms with E-state index in [1.54, 1.807) is 0 Å². The zero-order valence-electron chi connectivity index (χ0n) is 11.8. The van der Waals surface area contributed by atoms with Crippen LogP contribution in [0.15, 0.2) is 0 Å². The summed E-state index contributed by atoms with van der Waals surface area (Å²) in [4.78, 5) is 45.9. The molecule has 1 unspecified atom stereocenters. The molecule has 118 valence electrons. The lowest BCUT2D eigenvalue weighted by Gasteiger charge is -2.24. The average Bonchev–Trinajstić information content (AvgIpc) is 2.72. The maximum Gasteiger partial charge on any atom is 0.326 e. The van der Waals surface area contributed by atoms with Gasteiger partial charge in [0.05, 0.1) is 0 Å². The van der Waals surface area contributed by atoms with Gasteiger partial charge in [0.25, 0.3) is 0 Å². The highest BCUT2D eigenvalue weighted by Crippen LogP contribution is 2.25. The van der Waals surface area contributed by atoms with Gasteiger partial charge in [-0.15, -0.1) is 0 Å². The minimum Gasteiger partial charge on any atom is -0.481 e. The molecule has 1 saturated heterocycles. The molecule has 1 fully saturated rings. The first-order valence-corrected chi connectivity index (χ1v) is 7.67. The normalized spacial score (nSPS) is 19.6. The predicted octanol–water partition coefficient (Wildman–Crippen LogP) is 0.823. The zero-order valence-corrected chi connectivity index (χ0v) is 12.6. The highest BCUT2D eigenvalue weighted by molar-refractivity contribution is 8.13. The fourth-order valence-electron chi connectivity index (χ4n) is 2.32. The third-order valence-electron chi connectivity index (χ3n) is 3.29. The maximum absolute atomic E-state index is 11.9. The van der Waals surface area contributed by atoms with Gasteiger partial charge in [-0.05, 0) is 18.8 Å².